The van der Waals surface area contributed by atoms with Gasteiger partial charge >= 0.3 is 0 Å². The second-order valence-electron chi connectivity index (χ2n) is 5.35. The molecule has 0 unspecified atom stereocenters. The number of nitrogens with one attached hydrogen (secondary N) is 2. The SMILES string of the molecule is CCNC(=NCc1ccc(OC)cc1)NCc1ccc(Cl)cc1OC.I. The zero-order valence-corrected chi connectivity index (χ0v) is 18.3. The lowest BCUT2D eigenvalue weighted by atomic mass is 10.2. The molecule has 0 radical (unpaired) electrons. The van der Waals surface area contributed by atoms with Gasteiger partial charge in [0.2, 0.25) is 0 Å². The second-order valence-corrected chi connectivity index (χ2v) is 5.79. The third kappa shape index (κ3) is 6.92. The number of guanidine groups is 1. The van der Waals surface area contributed by atoms with E-state index < -0.39 is 0 Å². The molecule has 2 aromatic rings. The summed E-state index contributed by atoms with van der Waals surface area (Å²) in [6.07, 6.45) is 0. The van der Waals surface area contributed by atoms with Crippen molar-refractivity contribution in [3.05, 3.63) is 58.6 Å². The van der Waals surface area contributed by atoms with Gasteiger partial charge in [0.05, 0.1) is 20.8 Å². The summed E-state index contributed by atoms with van der Waals surface area (Å²) in [4.78, 5) is 4.61. The van der Waals surface area contributed by atoms with E-state index in [0.717, 1.165) is 35.1 Å². The molecular formula is C19H25ClIN3O2. The minimum Gasteiger partial charge on any atom is -0.497 e. The Labute approximate surface area is 177 Å². The molecule has 0 saturated heterocycles. The molecule has 0 fully saturated rings. The molecule has 0 aliphatic heterocycles. The van der Waals surface area contributed by atoms with Gasteiger partial charge in [-0.05, 0) is 36.8 Å². The summed E-state index contributed by atoms with van der Waals surface area (Å²) in [5, 5.41) is 7.21. The lowest BCUT2D eigenvalue weighted by Gasteiger charge is -2.14. The molecule has 7 heteroatoms. The van der Waals surface area contributed by atoms with Crippen molar-refractivity contribution in [2.75, 3.05) is 20.8 Å². The fraction of sp³-hybridized carbons (Fsp3) is 0.316. The first-order chi connectivity index (χ1) is 12.2. The lowest BCUT2D eigenvalue weighted by Crippen LogP contribution is -2.36. The van der Waals surface area contributed by atoms with E-state index in [-0.39, 0.29) is 24.0 Å². The maximum atomic E-state index is 6.00. The molecule has 5 nitrogen and oxygen atoms in total. The molecule has 142 valence electrons. The highest BCUT2D eigenvalue weighted by atomic mass is 127. The van der Waals surface area contributed by atoms with Gasteiger partial charge in [-0.25, -0.2) is 4.99 Å². The van der Waals surface area contributed by atoms with Crippen molar-refractivity contribution in [3.8, 4) is 11.5 Å². The maximum absolute atomic E-state index is 6.00. The Bertz CT molecular complexity index is 708. The molecule has 0 heterocycles. The van der Waals surface area contributed by atoms with E-state index in [1.165, 1.54) is 0 Å². The van der Waals surface area contributed by atoms with Crippen molar-refractivity contribution in [1.29, 1.82) is 0 Å². The molecule has 0 aromatic heterocycles. The summed E-state index contributed by atoms with van der Waals surface area (Å²) in [6, 6.07) is 13.5. The molecule has 26 heavy (non-hydrogen) atoms. The Balaban J connectivity index is 0.00000338. The summed E-state index contributed by atoms with van der Waals surface area (Å²) in [5.74, 6) is 2.34. The van der Waals surface area contributed by atoms with Crippen LogP contribution in [0.25, 0.3) is 0 Å². The number of rotatable bonds is 7. The van der Waals surface area contributed by atoms with E-state index in [9.17, 15) is 0 Å². The zero-order chi connectivity index (χ0) is 18.1. The van der Waals surface area contributed by atoms with Crippen LogP contribution in [0.15, 0.2) is 47.5 Å². The monoisotopic (exact) mass is 489 g/mol. The molecule has 0 amide bonds. The number of aliphatic imine (C=N–C) groups is 1. The number of methoxy groups -OCH3 is 2. The normalized spacial score (nSPS) is 10.7. The van der Waals surface area contributed by atoms with Gasteiger partial charge in [-0.15, -0.1) is 24.0 Å². The van der Waals surface area contributed by atoms with Crippen molar-refractivity contribution < 1.29 is 9.47 Å². The Morgan fingerprint density at radius 3 is 2.38 bits per heavy atom. The fourth-order valence-corrected chi connectivity index (χ4v) is 2.45. The van der Waals surface area contributed by atoms with Crippen LogP contribution in [0.1, 0.15) is 18.1 Å². The van der Waals surface area contributed by atoms with E-state index in [1.807, 2.05) is 43.3 Å². The summed E-state index contributed by atoms with van der Waals surface area (Å²) < 4.78 is 10.5. The van der Waals surface area contributed by atoms with Crippen LogP contribution in [0.5, 0.6) is 11.5 Å². The third-order valence-corrected chi connectivity index (χ3v) is 3.85. The number of nitrogens with zero attached hydrogens (tertiary/aromatic N) is 1. The quantitative estimate of drug-likeness (QED) is 0.347. The second kappa shape index (κ2) is 11.9. The van der Waals surface area contributed by atoms with Gasteiger partial charge in [0.25, 0.3) is 0 Å². The van der Waals surface area contributed by atoms with E-state index in [2.05, 4.69) is 15.6 Å². The van der Waals surface area contributed by atoms with E-state index >= 15 is 0 Å². The van der Waals surface area contributed by atoms with Crippen molar-refractivity contribution >= 4 is 41.5 Å². The molecule has 0 aliphatic rings. The lowest BCUT2D eigenvalue weighted by molar-refractivity contribution is 0.409. The number of hydrogen-bond acceptors (Lipinski definition) is 3. The van der Waals surface area contributed by atoms with E-state index in [1.54, 1.807) is 20.3 Å². The standard InChI is InChI=1S/C19H24ClN3O2.HI/c1-4-21-19(22-12-14-5-9-17(24-2)10-6-14)23-13-15-7-8-16(20)11-18(15)25-3;/h5-11H,4,12-13H2,1-3H3,(H2,21,22,23);1H. The highest BCUT2D eigenvalue weighted by molar-refractivity contribution is 14.0. The summed E-state index contributed by atoms with van der Waals surface area (Å²) >= 11 is 6.00. The molecule has 2 N–H and O–H groups in total. The molecule has 0 saturated carbocycles. The first kappa shape index (κ1) is 22.4. The summed E-state index contributed by atoms with van der Waals surface area (Å²) in [6.45, 7) is 3.99. The van der Waals surface area contributed by atoms with Crippen molar-refractivity contribution in [2.24, 2.45) is 4.99 Å². The van der Waals surface area contributed by atoms with Crippen LogP contribution >= 0.6 is 35.6 Å². The Morgan fingerprint density at radius 2 is 1.77 bits per heavy atom. The van der Waals surface area contributed by atoms with Gasteiger partial charge in [0.15, 0.2) is 5.96 Å². The van der Waals surface area contributed by atoms with Gasteiger partial charge in [-0.3, -0.25) is 0 Å². The zero-order valence-electron chi connectivity index (χ0n) is 15.2. The van der Waals surface area contributed by atoms with E-state index in [0.29, 0.717) is 18.1 Å². The minimum absolute atomic E-state index is 0. The summed E-state index contributed by atoms with van der Waals surface area (Å²) in [5.41, 5.74) is 2.13. The Hall–Kier alpha value is -1.67. The first-order valence-corrected chi connectivity index (χ1v) is 8.51. The minimum atomic E-state index is 0. The van der Waals surface area contributed by atoms with Crippen LogP contribution in [0.4, 0.5) is 0 Å². The van der Waals surface area contributed by atoms with Crippen molar-refractivity contribution in [2.45, 2.75) is 20.0 Å². The smallest absolute Gasteiger partial charge is 0.191 e. The van der Waals surface area contributed by atoms with Gasteiger partial charge < -0.3 is 20.1 Å². The highest BCUT2D eigenvalue weighted by Crippen LogP contribution is 2.22. The Morgan fingerprint density at radius 1 is 1.04 bits per heavy atom. The maximum Gasteiger partial charge on any atom is 0.191 e. The number of benzene rings is 2. The average molecular weight is 490 g/mol. The predicted molar refractivity (Wildman–Crippen MR) is 118 cm³/mol. The van der Waals surface area contributed by atoms with Crippen LogP contribution < -0.4 is 20.1 Å². The highest BCUT2D eigenvalue weighted by Gasteiger charge is 2.05. The average Bonchev–Trinajstić information content (AvgIpc) is 2.65. The van der Waals surface area contributed by atoms with Crippen molar-refractivity contribution in [1.82, 2.24) is 10.6 Å². The molecule has 2 aromatic carbocycles. The van der Waals surface area contributed by atoms with Gasteiger partial charge in [-0.2, -0.15) is 0 Å². The largest absolute Gasteiger partial charge is 0.497 e. The van der Waals surface area contributed by atoms with Crippen LogP contribution in [0, 0.1) is 0 Å². The molecular weight excluding hydrogens is 465 g/mol. The number of halogens is 2. The number of hydrogen-bond donors (Lipinski definition) is 2. The molecule has 0 spiro atoms. The van der Waals surface area contributed by atoms with Gasteiger partial charge in [0.1, 0.15) is 11.5 Å². The van der Waals surface area contributed by atoms with Gasteiger partial charge in [-0.1, -0.05) is 29.8 Å². The molecule has 0 bridgehead atoms. The third-order valence-electron chi connectivity index (χ3n) is 3.62. The predicted octanol–water partition coefficient (Wildman–Crippen LogP) is 4.23. The first-order valence-electron chi connectivity index (χ1n) is 8.13. The van der Waals surface area contributed by atoms with Crippen molar-refractivity contribution in [3.63, 3.8) is 0 Å². The van der Waals surface area contributed by atoms with Crippen LogP contribution in [-0.4, -0.2) is 26.7 Å². The Kier molecular flexibility index (Phi) is 10.2. The molecule has 0 aliphatic carbocycles. The molecule has 0 atom stereocenters. The topological polar surface area (TPSA) is 54.9 Å². The van der Waals surface area contributed by atoms with Crippen LogP contribution in [0.2, 0.25) is 5.02 Å². The van der Waals surface area contributed by atoms with E-state index in [4.69, 9.17) is 21.1 Å². The summed E-state index contributed by atoms with van der Waals surface area (Å²) in [7, 11) is 3.30. The van der Waals surface area contributed by atoms with Crippen LogP contribution in [0.3, 0.4) is 0 Å². The number of ether oxygens (including phenoxy) is 2. The fourth-order valence-electron chi connectivity index (χ4n) is 2.29. The van der Waals surface area contributed by atoms with Crippen LogP contribution in [-0.2, 0) is 13.1 Å². The molecule has 2 rings (SSSR count). The van der Waals surface area contributed by atoms with Gasteiger partial charge in [0, 0.05) is 23.7 Å².